The van der Waals surface area contributed by atoms with Crippen LogP contribution in [0.5, 0.6) is 0 Å². The molecular formula is C10H10F3NO3S. The molecule has 0 aliphatic heterocycles. The van der Waals surface area contributed by atoms with Crippen LogP contribution in [0.3, 0.4) is 0 Å². The number of nitrogens with one attached hydrogen (secondary N) is 1. The third-order valence-corrected chi connectivity index (χ3v) is 4.26. The zero-order valence-corrected chi connectivity index (χ0v) is 9.85. The summed E-state index contributed by atoms with van der Waals surface area (Å²) < 4.78 is 64.5. The molecule has 0 amide bonds. The average molecular weight is 281 g/mol. The number of aliphatic hydroxyl groups is 1. The summed E-state index contributed by atoms with van der Waals surface area (Å²) in [4.78, 5) is -0.942. The molecule has 4 nitrogen and oxygen atoms in total. The molecule has 1 fully saturated rings. The van der Waals surface area contributed by atoms with Crippen LogP contribution in [0.25, 0.3) is 0 Å². The van der Waals surface area contributed by atoms with Gasteiger partial charge < -0.3 is 5.11 Å². The Kier molecular flexibility index (Phi) is 3.35. The average Bonchev–Trinajstić information content (AvgIpc) is 2.23. The molecule has 0 unspecified atom stereocenters. The minimum atomic E-state index is -4.26. The first kappa shape index (κ1) is 13.3. The van der Waals surface area contributed by atoms with E-state index in [-0.39, 0.29) is 12.8 Å². The highest BCUT2D eigenvalue weighted by molar-refractivity contribution is 7.89. The van der Waals surface area contributed by atoms with E-state index in [0.29, 0.717) is 12.1 Å². The van der Waals surface area contributed by atoms with E-state index in [4.69, 9.17) is 5.11 Å². The van der Waals surface area contributed by atoms with E-state index in [1.165, 1.54) is 0 Å². The number of rotatable bonds is 3. The fraction of sp³-hybridized carbons (Fsp3) is 0.400. The van der Waals surface area contributed by atoms with Crippen molar-refractivity contribution in [1.29, 1.82) is 0 Å². The first-order valence-electron chi connectivity index (χ1n) is 5.15. The molecule has 100 valence electrons. The maximum atomic E-state index is 13.3. The molecule has 2 N–H and O–H groups in total. The summed E-state index contributed by atoms with van der Waals surface area (Å²) in [5.74, 6) is -5.03. The molecule has 0 saturated heterocycles. The van der Waals surface area contributed by atoms with Gasteiger partial charge in [0.15, 0.2) is 17.5 Å². The van der Waals surface area contributed by atoms with Gasteiger partial charge in [-0.3, -0.25) is 0 Å². The van der Waals surface area contributed by atoms with Crippen LogP contribution in [0.15, 0.2) is 17.0 Å². The second kappa shape index (κ2) is 4.52. The smallest absolute Gasteiger partial charge is 0.243 e. The van der Waals surface area contributed by atoms with Crippen LogP contribution in [-0.2, 0) is 10.0 Å². The fourth-order valence-electron chi connectivity index (χ4n) is 1.68. The molecule has 1 aromatic carbocycles. The predicted octanol–water partition coefficient (Wildman–Crippen LogP) is 0.905. The maximum absolute atomic E-state index is 13.3. The number of sulfonamides is 1. The van der Waals surface area contributed by atoms with Gasteiger partial charge in [0.05, 0.1) is 6.10 Å². The standard InChI is InChI=1S/C10H10F3NO3S/c11-7-1-2-8(10(13)9(7)12)18(16,17)14-5-3-6(15)4-5/h1-2,5-6,14-15H,3-4H2. The van der Waals surface area contributed by atoms with Gasteiger partial charge in [0, 0.05) is 6.04 Å². The molecule has 1 aliphatic rings. The first-order chi connectivity index (χ1) is 8.31. The van der Waals surface area contributed by atoms with Crippen molar-refractivity contribution in [3.8, 4) is 0 Å². The molecule has 8 heteroatoms. The fourth-order valence-corrected chi connectivity index (χ4v) is 3.01. The lowest BCUT2D eigenvalue weighted by atomic mass is 9.91. The highest BCUT2D eigenvalue weighted by atomic mass is 32.2. The van der Waals surface area contributed by atoms with Gasteiger partial charge in [-0.25, -0.2) is 26.3 Å². The summed E-state index contributed by atoms with van der Waals surface area (Å²) >= 11 is 0. The molecule has 0 radical (unpaired) electrons. The Balaban J connectivity index is 2.27. The number of hydrogen-bond donors (Lipinski definition) is 2. The monoisotopic (exact) mass is 281 g/mol. The summed E-state index contributed by atoms with van der Waals surface area (Å²) in [5.41, 5.74) is 0. The van der Waals surface area contributed by atoms with Crippen LogP contribution in [0.2, 0.25) is 0 Å². The maximum Gasteiger partial charge on any atom is 0.243 e. The van der Waals surface area contributed by atoms with Gasteiger partial charge in [-0.1, -0.05) is 0 Å². The molecule has 18 heavy (non-hydrogen) atoms. The van der Waals surface area contributed by atoms with Gasteiger partial charge >= 0.3 is 0 Å². The van der Waals surface area contributed by atoms with Crippen LogP contribution in [-0.4, -0.2) is 25.7 Å². The van der Waals surface area contributed by atoms with Crippen molar-refractivity contribution in [3.05, 3.63) is 29.6 Å². The molecule has 0 bridgehead atoms. The van der Waals surface area contributed by atoms with E-state index >= 15 is 0 Å². The van der Waals surface area contributed by atoms with Crippen molar-refractivity contribution in [2.75, 3.05) is 0 Å². The Labute approximate surface area is 101 Å². The van der Waals surface area contributed by atoms with Crippen molar-refractivity contribution in [2.24, 2.45) is 0 Å². The van der Waals surface area contributed by atoms with Gasteiger partial charge in [0.1, 0.15) is 4.90 Å². The number of benzene rings is 1. The second-order valence-corrected chi connectivity index (χ2v) is 5.80. The van der Waals surface area contributed by atoms with Crippen molar-refractivity contribution in [1.82, 2.24) is 4.72 Å². The molecule has 0 atom stereocenters. The summed E-state index contributed by atoms with van der Waals surface area (Å²) in [6, 6.07) is 0.686. The summed E-state index contributed by atoms with van der Waals surface area (Å²) in [5, 5.41) is 9.00. The molecule has 1 saturated carbocycles. The lowest BCUT2D eigenvalue weighted by Crippen LogP contribution is -2.46. The lowest BCUT2D eigenvalue weighted by molar-refractivity contribution is 0.0712. The zero-order chi connectivity index (χ0) is 13.5. The van der Waals surface area contributed by atoms with Crippen molar-refractivity contribution < 1.29 is 26.7 Å². The predicted molar refractivity (Wildman–Crippen MR) is 55.7 cm³/mol. The van der Waals surface area contributed by atoms with Gasteiger partial charge in [-0.15, -0.1) is 0 Å². The van der Waals surface area contributed by atoms with Gasteiger partial charge in [0.2, 0.25) is 10.0 Å². The van der Waals surface area contributed by atoms with E-state index in [1.54, 1.807) is 0 Å². The highest BCUT2D eigenvalue weighted by Gasteiger charge is 2.33. The lowest BCUT2D eigenvalue weighted by Gasteiger charge is -2.31. The third-order valence-electron chi connectivity index (χ3n) is 2.72. The minimum absolute atomic E-state index is 0.213. The van der Waals surface area contributed by atoms with Crippen LogP contribution in [0, 0.1) is 17.5 Å². The van der Waals surface area contributed by atoms with E-state index in [2.05, 4.69) is 4.72 Å². The second-order valence-electron chi connectivity index (χ2n) is 4.12. The Bertz CT molecular complexity index is 570. The highest BCUT2D eigenvalue weighted by Crippen LogP contribution is 2.24. The Hall–Kier alpha value is -1.12. The van der Waals surface area contributed by atoms with E-state index in [9.17, 15) is 21.6 Å². The van der Waals surface area contributed by atoms with Crippen molar-refractivity contribution >= 4 is 10.0 Å². The SMILES string of the molecule is O=S(=O)(NC1CC(O)C1)c1ccc(F)c(F)c1F. The minimum Gasteiger partial charge on any atom is -0.393 e. The van der Waals surface area contributed by atoms with E-state index < -0.39 is 44.5 Å². The Morgan fingerprint density at radius 3 is 2.33 bits per heavy atom. The first-order valence-corrected chi connectivity index (χ1v) is 6.63. The van der Waals surface area contributed by atoms with Crippen molar-refractivity contribution in [2.45, 2.75) is 29.9 Å². The van der Waals surface area contributed by atoms with Gasteiger partial charge in [-0.2, -0.15) is 0 Å². The largest absolute Gasteiger partial charge is 0.393 e. The number of aliphatic hydroxyl groups excluding tert-OH is 1. The van der Waals surface area contributed by atoms with Gasteiger partial charge in [0.25, 0.3) is 0 Å². The summed E-state index contributed by atoms with van der Waals surface area (Å²) in [7, 11) is -4.26. The van der Waals surface area contributed by atoms with E-state index in [0.717, 1.165) is 0 Å². The molecule has 2 rings (SSSR count). The summed E-state index contributed by atoms with van der Waals surface area (Å²) in [6.07, 6.45) is -0.165. The number of hydrogen-bond acceptors (Lipinski definition) is 3. The van der Waals surface area contributed by atoms with Crippen LogP contribution in [0.1, 0.15) is 12.8 Å². The number of halogens is 3. The Morgan fingerprint density at radius 1 is 1.17 bits per heavy atom. The van der Waals surface area contributed by atoms with Crippen molar-refractivity contribution in [3.63, 3.8) is 0 Å². The molecule has 0 spiro atoms. The quantitative estimate of drug-likeness (QED) is 0.809. The Morgan fingerprint density at radius 2 is 1.78 bits per heavy atom. The molecule has 0 heterocycles. The molecule has 0 aromatic heterocycles. The van der Waals surface area contributed by atoms with Crippen LogP contribution in [0.4, 0.5) is 13.2 Å². The van der Waals surface area contributed by atoms with E-state index in [1.807, 2.05) is 0 Å². The third kappa shape index (κ3) is 2.36. The van der Waals surface area contributed by atoms with Gasteiger partial charge in [-0.05, 0) is 25.0 Å². The van der Waals surface area contributed by atoms with Crippen LogP contribution < -0.4 is 4.72 Å². The topological polar surface area (TPSA) is 66.4 Å². The van der Waals surface area contributed by atoms with Crippen LogP contribution >= 0.6 is 0 Å². The molecule has 1 aromatic rings. The summed E-state index contributed by atoms with van der Waals surface area (Å²) in [6.45, 7) is 0. The molecular weight excluding hydrogens is 271 g/mol. The molecule has 1 aliphatic carbocycles. The normalized spacial score (nSPS) is 23.8. The zero-order valence-electron chi connectivity index (χ0n) is 9.03.